The molecule has 3 rings (SSSR count). The number of ether oxygens (including phenoxy) is 1. The molecule has 0 saturated carbocycles. The van der Waals surface area contributed by atoms with Gasteiger partial charge >= 0.3 is 0 Å². The van der Waals surface area contributed by atoms with E-state index in [1.165, 1.54) is 10.4 Å². The standard InChI is InChI=1S/C22H29N3O4S/c1-17-15-20(9-10-21(17)29-3)30(27,28)25(19-7-5-4-6-8-19)16-22(26)23-18-11-13-24(2)14-12-18/h4-10,15,18H,11-14,16H2,1-3H3,(H,23,26). The Bertz CT molecular complexity index is 971. The van der Waals surface area contributed by atoms with Crippen molar-refractivity contribution in [3.63, 3.8) is 0 Å². The Morgan fingerprint density at radius 1 is 1.17 bits per heavy atom. The summed E-state index contributed by atoms with van der Waals surface area (Å²) in [5.41, 5.74) is 1.16. The quantitative estimate of drug-likeness (QED) is 0.728. The largest absolute Gasteiger partial charge is 0.496 e. The lowest BCUT2D eigenvalue weighted by atomic mass is 10.1. The van der Waals surface area contributed by atoms with Crippen LogP contribution in [0.3, 0.4) is 0 Å². The number of nitrogens with zero attached hydrogens (tertiary/aromatic N) is 2. The van der Waals surface area contributed by atoms with Crippen molar-refractivity contribution in [2.75, 3.05) is 38.1 Å². The van der Waals surface area contributed by atoms with Gasteiger partial charge in [0.05, 0.1) is 17.7 Å². The predicted molar refractivity (Wildman–Crippen MR) is 117 cm³/mol. The molecule has 162 valence electrons. The summed E-state index contributed by atoms with van der Waals surface area (Å²) >= 11 is 0. The normalized spacial score (nSPS) is 15.6. The number of nitrogens with one attached hydrogen (secondary N) is 1. The molecular formula is C22H29N3O4S. The highest BCUT2D eigenvalue weighted by atomic mass is 32.2. The van der Waals surface area contributed by atoms with Crippen molar-refractivity contribution in [3.8, 4) is 5.75 Å². The molecule has 1 saturated heterocycles. The van der Waals surface area contributed by atoms with Gasteiger partial charge in [-0.05, 0) is 75.8 Å². The lowest BCUT2D eigenvalue weighted by Gasteiger charge is -2.30. The number of piperidine rings is 1. The molecule has 8 heteroatoms. The van der Waals surface area contributed by atoms with E-state index < -0.39 is 10.0 Å². The summed E-state index contributed by atoms with van der Waals surface area (Å²) in [6.07, 6.45) is 1.72. The summed E-state index contributed by atoms with van der Waals surface area (Å²) in [7, 11) is -0.342. The van der Waals surface area contributed by atoms with Gasteiger partial charge in [-0.3, -0.25) is 9.10 Å². The third kappa shape index (κ3) is 5.12. The molecule has 1 amide bonds. The first-order chi connectivity index (χ1) is 14.3. The monoisotopic (exact) mass is 431 g/mol. The molecule has 30 heavy (non-hydrogen) atoms. The predicted octanol–water partition coefficient (Wildman–Crippen LogP) is 2.41. The summed E-state index contributed by atoms with van der Waals surface area (Å²) in [6, 6.07) is 13.5. The SMILES string of the molecule is COc1ccc(S(=O)(=O)N(CC(=O)NC2CCN(C)CC2)c2ccccc2)cc1C. The highest BCUT2D eigenvalue weighted by molar-refractivity contribution is 7.92. The van der Waals surface area contributed by atoms with Crippen LogP contribution in [0.1, 0.15) is 18.4 Å². The maximum Gasteiger partial charge on any atom is 0.264 e. The van der Waals surface area contributed by atoms with Gasteiger partial charge in [0.2, 0.25) is 5.91 Å². The van der Waals surface area contributed by atoms with E-state index in [-0.39, 0.29) is 23.4 Å². The zero-order chi connectivity index (χ0) is 21.7. The van der Waals surface area contributed by atoms with Gasteiger partial charge in [-0.2, -0.15) is 0 Å². The topological polar surface area (TPSA) is 79.0 Å². The number of aryl methyl sites for hydroxylation is 1. The lowest BCUT2D eigenvalue weighted by molar-refractivity contribution is -0.120. The number of carbonyl (C=O) groups is 1. The minimum atomic E-state index is -3.94. The number of hydrogen-bond donors (Lipinski definition) is 1. The van der Waals surface area contributed by atoms with Crippen molar-refractivity contribution in [2.45, 2.75) is 30.7 Å². The van der Waals surface area contributed by atoms with Crippen LogP contribution in [0.5, 0.6) is 5.75 Å². The van der Waals surface area contributed by atoms with Crippen molar-refractivity contribution < 1.29 is 17.9 Å². The van der Waals surface area contributed by atoms with E-state index >= 15 is 0 Å². The van der Waals surface area contributed by atoms with E-state index in [0.29, 0.717) is 17.0 Å². The Hall–Kier alpha value is -2.58. The average Bonchev–Trinajstić information content (AvgIpc) is 2.74. The Kier molecular flexibility index (Phi) is 6.99. The number of amides is 1. The second-order valence-corrected chi connectivity index (χ2v) is 9.49. The van der Waals surface area contributed by atoms with Crippen molar-refractivity contribution in [1.29, 1.82) is 0 Å². The Labute approximate surface area is 178 Å². The minimum absolute atomic E-state index is 0.0669. The van der Waals surface area contributed by atoms with Gasteiger partial charge in [-0.1, -0.05) is 18.2 Å². The third-order valence-corrected chi connectivity index (χ3v) is 7.14. The number of carbonyl (C=O) groups excluding carboxylic acids is 1. The highest BCUT2D eigenvalue weighted by Gasteiger charge is 2.29. The molecule has 2 aromatic rings. The van der Waals surface area contributed by atoms with E-state index in [2.05, 4.69) is 17.3 Å². The molecule has 1 heterocycles. The number of anilines is 1. The number of para-hydroxylation sites is 1. The zero-order valence-electron chi connectivity index (χ0n) is 17.7. The Morgan fingerprint density at radius 2 is 1.83 bits per heavy atom. The van der Waals surface area contributed by atoms with Crippen molar-refractivity contribution in [1.82, 2.24) is 10.2 Å². The molecule has 1 aliphatic heterocycles. The summed E-state index contributed by atoms with van der Waals surface area (Å²) < 4.78 is 33.3. The molecule has 2 aromatic carbocycles. The van der Waals surface area contributed by atoms with Crippen LogP contribution < -0.4 is 14.4 Å². The van der Waals surface area contributed by atoms with E-state index in [1.54, 1.807) is 50.4 Å². The fourth-order valence-corrected chi connectivity index (χ4v) is 5.11. The van der Waals surface area contributed by atoms with E-state index in [0.717, 1.165) is 25.9 Å². The van der Waals surface area contributed by atoms with Crippen LogP contribution in [0.2, 0.25) is 0 Å². The number of methoxy groups -OCH3 is 1. The molecule has 0 unspecified atom stereocenters. The molecule has 0 spiro atoms. The molecule has 1 N–H and O–H groups in total. The van der Waals surface area contributed by atoms with Gasteiger partial charge < -0.3 is 15.0 Å². The van der Waals surface area contributed by atoms with Crippen molar-refractivity contribution in [3.05, 3.63) is 54.1 Å². The molecule has 0 aromatic heterocycles. The first-order valence-electron chi connectivity index (χ1n) is 10.0. The summed E-state index contributed by atoms with van der Waals surface area (Å²) in [4.78, 5) is 15.1. The number of benzene rings is 2. The molecule has 0 bridgehead atoms. The van der Waals surface area contributed by atoms with Gasteiger partial charge in [0.25, 0.3) is 10.0 Å². The van der Waals surface area contributed by atoms with Gasteiger partial charge in [-0.15, -0.1) is 0 Å². The molecule has 7 nitrogen and oxygen atoms in total. The summed E-state index contributed by atoms with van der Waals surface area (Å²) in [6.45, 7) is 3.34. The van der Waals surface area contributed by atoms with Gasteiger partial charge in [-0.25, -0.2) is 8.42 Å². The van der Waals surface area contributed by atoms with E-state index in [4.69, 9.17) is 4.74 Å². The van der Waals surface area contributed by atoms with Crippen LogP contribution in [0, 0.1) is 6.92 Å². The van der Waals surface area contributed by atoms with Crippen LogP contribution in [0.15, 0.2) is 53.4 Å². The maximum absolute atomic E-state index is 13.5. The van der Waals surface area contributed by atoms with Crippen molar-refractivity contribution >= 4 is 21.6 Å². The average molecular weight is 432 g/mol. The summed E-state index contributed by atoms with van der Waals surface area (Å²) in [5, 5.41) is 3.00. The lowest BCUT2D eigenvalue weighted by Crippen LogP contribution is -2.47. The van der Waals surface area contributed by atoms with Crippen LogP contribution in [0.4, 0.5) is 5.69 Å². The molecule has 0 radical (unpaired) electrons. The van der Waals surface area contributed by atoms with Crippen molar-refractivity contribution in [2.24, 2.45) is 0 Å². The third-order valence-electron chi connectivity index (χ3n) is 5.37. The number of sulfonamides is 1. The van der Waals surface area contributed by atoms with Gasteiger partial charge in [0.15, 0.2) is 0 Å². The van der Waals surface area contributed by atoms with E-state index in [1.807, 2.05) is 6.07 Å². The second-order valence-electron chi connectivity index (χ2n) is 7.62. The maximum atomic E-state index is 13.5. The summed E-state index contributed by atoms with van der Waals surface area (Å²) in [5.74, 6) is 0.308. The zero-order valence-corrected chi connectivity index (χ0v) is 18.5. The Balaban J connectivity index is 1.85. The molecular weight excluding hydrogens is 402 g/mol. The van der Waals surface area contributed by atoms with Gasteiger partial charge in [0, 0.05) is 6.04 Å². The van der Waals surface area contributed by atoms with Crippen LogP contribution >= 0.6 is 0 Å². The smallest absolute Gasteiger partial charge is 0.264 e. The van der Waals surface area contributed by atoms with Crippen LogP contribution in [0.25, 0.3) is 0 Å². The fraction of sp³-hybridized carbons (Fsp3) is 0.409. The van der Waals surface area contributed by atoms with E-state index in [9.17, 15) is 13.2 Å². The second kappa shape index (κ2) is 9.49. The first-order valence-corrected chi connectivity index (χ1v) is 11.5. The molecule has 0 atom stereocenters. The van der Waals surface area contributed by atoms with Gasteiger partial charge in [0.1, 0.15) is 12.3 Å². The molecule has 0 aliphatic carbocycles. The Morgan fingerprint density at radius 3 is 2.43 bits per heavy atom. The minimum Gasteiger partial charge on any atom is -0.496 e. The van der Waals surface area contributed by atoms with Crippen LogP contribution in [-0.2, 0) is 14.8 Å². The molecule has 1 aliphatic rings. The van der Waals surface area contributed by atoms with Crippen LogP contribution in [-0.4, -0.2) is 59.1 Å². The number of likely N-dealkylation sites (tertiary alicyclic amines) is 1. The first kappa shape index (κ1) is 22.1. The number of rotatable bonds is 7. The highest BCUT2D eigenvalue weighted by Crippen LogP contribution is 2.27. The number of hydrogen-bond acceptors (Lipinski definition) is 5. The fourth-order valence-electron chi connectivity index (χ4n) is 3.60. The molecule has 1 fully saturated rings.